The van der Waals surface area contributed by atoms with Crippen molar-refractivity contribution in [3.63, 3.8) is 0 Å². The number of fused-ring (bicyclic) bond motifs is 2. The Morgan fingerprint density at radius 3 is 2.73 bits per heavy atom. The third-order valence-electron chi connectivity index (χ3n) is 5.08. The maximum atomic E-state index is 12.5. The summed E-state index contributed by atoms with van der Waals surface area (Å²) in [4.78, 5) is 37.0. The normalized spacial score (nSPS) is 21.5. The first-order chi connectivity index (χ1) is 12.5. The summed E-state index contributed by atoms with van der Waals surface area (Å²) in [5, 5.41) is 1.77. The van der Waals surface area contributed by atoms with Gasteiger partial charge in [-0.05, 0) is 0 Å². The van der Waals surface area contributed by atoms with E-state index in [0.717, 1.165) is 5.82 Å². The van der Waals surface area contributed by atoms with Gasteiger partial charge in [-0.2, -0.15) is 0 Å². The standard InChI is InChI=1S/C17H21N5O3S/c1-20(2)15(24)13-9-22-8-5-18-16(22)17(25-13)3-6-21(7-4-17)14(23)12-10-26-11-19-12/h5,8,10-11,13H,3-4,6-7,9H2,1-2H3/t13-/m1/s1. The number of imidazole rings is 1. The molecule has 4 rings (SSSR count). The molecule has 26 heavy (non-hydrogen) atoms. The lowest BCUT2D eigenvalue weighted by atomic mass is 9.88. The largest absolute Gasteiger partial charge is 0.352 e. The topological polar surface area (TPSA) is 80.6 Å². The van der Waals surface area contributed by atoms with Crippen LogP contribution in [0.4, 0.5) is 0 Å². The van der Waals surface area contributed by atoms with Gasteiger partial charge in [0.2, 0.25) is 0 Å². The van der Waals surface area contributed by atoms with Crippen LogP contribution in [0.2, 0.25) is 0 Å². The number of hydrogen-bond acceptors (Lipinski definition) is 6. The SMILES string of the molecule is CN(C)C(=O)[C@H]1Cn2ccnc2C2(CCN(C(=O)c3cscn3)CC2)O1. The summed E-state index contributed by atoms with van der Waals surface area (Å²) in [5.41, 5.74) is 1.52. The fraction of sp³-hybridized carbons (Fsp3) is 0.529. The lowest BCUT2D eigenvalue weighted by Crippen LogP contribution is -2.54. The number of amides is 2. The second-order valence-electron chi connectivity index (χ2n) is 6.90. The smallest absolute Gasteiger partial charge is 0.273 e. The van der Waals surface area contributed by atoms with Crippen LogP contribution in [0.15, 0.2) is 23.3 Å². The van der Waals surface area contributed by atoms with Crippen LogP contribution >= 0.6 is 11.3 Å². The van der Waals surface area contributed by atoms with Gasteiger partial charge in [0.25, 0.3) is 11.8 Å². The van der Waals surface area contributed by atoms with E-state index in [1.165, 1.54) is 11.3 Å². The van der Waals surface area contributed by atoms with Gasteiger partial charge in [-0.15, -0.1) is 11.3 Å². The lowest BCUT2D eigenvalue weighted by molar-refractivity contribution is -0.178. The van der Waals surface area contributed by atoms with E-state index in [1.807, 2.05) is 10.8 Å². The fourth-order valence-corrected chi connectivity index (χ4v) is 4.23. The van der Waals surface area contributed by atoms with Crippen LogP contribution in [0, 0.1) is 0 Å². The highest BCUT2D eigenvalue weighted by Gasteiger charge is 2.48. The Balaban J connectivity index is 1.55. The van der Waals surface area contributed by atoms with Gasteiger partial charge < -0.3 is 19.1 Å². The Hall–Kier alpha value is -2.26. The van der Waals surface area contributed by atoms with Crippen molar-refractivity contribution in [3.05, 3.63) is 34.8 Å². The maximum absolute atomic E-state index is 12.5. The van der Waals surface area contributed by atoms with Crippen LogP contribution in [-0.2, 0) is 21.7 Å². The zero-order valence-electron chi connectivity index (χ0n) is 14.8. The van der Waals surface area contributed by atoms with E-state index in [2.05, 4.69) is 9.97 Å². The Labute approximate surface area is 155 Å². The molecule has 1 saturated heterocycles. The number of carbonyl (C=O) groups is 2. The van der Waals surface area contributed by atoms with Crippen LogP contribution in [0.25, 0.3) is 0 Å². The maximum Gasteiger partial charge on any atom is 0.273 e. The van der Waals surface area contributed by atoms with Crippen molar-refractivity contribution in [1.82, 2.24) is 24.3 Å². The second kappa shape index (κ2) is 6.48. The van der Waals surface area contributed by atoms with Crippen molar-refractivity contribution < 1.29 is 14.3 Å². The number of rotatable bonds is 2. The van der Waals surface area contributed by atoms with Gasteiger partial charge in [0.15, 0.2) is 6.10 Å². The number of thiazole rings is 1. The van der Waals surface area contributed by atoms with E-state index >= 15 is 0 Å². The molecule has 2 aromatic rings. The van der Waals surface area contributed by atoms with Gasteiger partial charge in [-0.1, -0.05) is 0 Å². The van der Waals surface area contributed by atoms with E-state index < -0.39 is 11.7 Å². The summed E-state index contributed by atoms with van der Waals surface area (Å²) < 4.78 is 8.32. The minimum atomic E-state index is -0.628. The monoisotopic (exact) mass is 375 g/mol. The van der Waals surface area contributed by atoms with Gasteiger partial charge in [-0.25, -0.2) is 9.97 Å². The van der Waals surface area contributed by atoms with Gasteiger partial charge in [-0.3, -0.25) is 9.59 Å². The average molecular weight is 375 g/mol. The van der Waals surface area contributed by atoms with Crippen LogP contribution in [0.3, 0.4) is 0 Å². The second-order valence-corrected chi connectivity index (χ2v) is 7.62. The molecule has 4 heterocycles. The summed E-state index contributed by atoms with van der Waals surface area (Å²) in [6.07, 6.45) is 4.32. The van der Waals surface area contributed by atoms with Gasteiger partial charge in [0.1, 0.15) is 17.1 Å². The van der Waals surface area contributed by atoms with E-state index in [0.29, 0.717) is 38.2 Å². The zero-order valence-corrected chi connectivity index (χ0v) is 15.6. The molecule has 1 atom stereocenters. The molecule has 8 nitrogen and oxygen atoms in total. The van der Waals surface area contributed by atoms with Gasteiger partial charge in [0, 0.05) is 57.8 Å². The summed E-state index contributed by atoms with van der Waals surface area (Å²) in [6.45, 7) is 1.56. The Morgan fingerprint density at radius 1 is 1.31 bits per heavy atom. The first kappa shape index (κ1) is 17.2. The fourth-order valence-electron chi connectivity index (χ4n) is 3.71. The molecule has 0 radical (unpaired) electrons. The van der Waals surface area contributed by atoms with Crippen molar-refractivity contribution in [2.24, 2.45) is 0 Å². The third kappa shape index (κ3) is 2.80. The molecule has 0 unspecified atom stereocenters. The van der Waals surface area contributed by atoms with E-state index in [1.54, 1.807) is 41.0 Å². The number of likely N-dealkylation sites (N-methyl/N-ethyl adjacent to an activating group) is 1. The summed E-state index contributed by atoms with van der Waals surface area (Å²) in [5.74, 6) is 0.743. The average Bonchev–Trinajstić information content (AvgIpc) is 3.33. The molecule has 2 aliphatic heterocycles. The molecule has 138 valence electrons. The van der Waals surface area contributed by atoms with Crippen molar-refractivity contribution >= 4 is 23.2 Å². The molecule has 0 saturated carbocycles. The molecule has 0 bridgehead atoms. The molecule has 1 spiro atoms. The number of aromatic nitrogens is 3. The van der Waals surface area contributed by atoms with Crippen LogP contribution in [0.1, 0.15) is 29.2 Å². The van der Waals surface area contributed by atoms with Crippen molar-refractivity contribution in [3.8, 4) is 0 Å². The lowest BCUT2D eigenvalue weighted by Gasteiger charge is -2.45. The van der Waals surface area contributed by atoms with Crippen molar-refractivity contribution in [1.29, 1.82) is 0 Å². The molecule has 9 heteroatoms. The number of carbonyl (C=O) groups excluding carboxylic acids is 2. The highest BCUT2D eigenvalue weighted by Crippen LogP contribution is 2.40. The first-order valence-electron chi connectivity index (χ1n) is 8.58. The van der Waals surface area contributed by atoms with Crippen LogP contribution in [0.5, 0.6) is 0 Å². The Morgan fingerprint density at radius 2 is 2.08 bits per heavy atom. The third-order valence-corrected chi connectivity index (χ3v) is 5.67. The minimum Gasteiger partial charge on any atom is -0.352 e. The molecule has 2 amide bonds. The number of nitrogens with zero attached hydrogens (tertiary/aromatic N) is 5. The molecule has 1 fully saturated rings. The first-order valence-corrected chi connectivity index (χ1v) is 9.52. The Bertz CT molecular complexity index is 808. The molecule has 2 aliphatic rings. The highest BCUT2D eigenvalue weighted by atomic mass is 32.1. The van der Waals surface area contributed by atoms with Gasteiger partial charge in [0.05, 0.1) is 12.1 Å². The van der Waals surface area contributed by atoms with Crippen molar-refractivity contribution in [2.75, 3.05) is 27.2 Å². The minimum absolute atomic E-state index is 0.0512. The predicted octanol–water partition coefficient (Wildman–Crippen LogP) is 0.958. The zero-order chi connectivity index (χ0) is 18.3. The Kier molecular flexibility index (Phi) is 4.28. The highest BCUT2D eigenvalue weighted by molar-refractivity contribution is 7.07. The predicted molar refractivity (Wildman–Crippen MR) is 94.7 cm³/mol. The summed E-state index contributed by atoms with van der Waals surface area (Å²) in [6, 6.07) is 0. The molecule has 2 aromatic heterocycles. The number of piperidine rings is 1. The van der Waals surface area contributed by atoms with E-state index in [9.17, 15) is 9.59 Å². The van der Waals surface area contributed by atoms with E-state index in [4.69, 9.17) is 4.74 Å². The van der Waals surface area contributed by atoms with Crippen LogP contribution in [-0.4, -0.2) is 69.4 Å². The molecule has 0 aliphatic carbocycles. The van der Waals surface area contributed by atoms with Crippen molar-refractivity contribution in [2.45, 2.75) is 31.1 Å². The molecular formula is C17H21N5O3S. The summed E-state index contributed by atoms with van der Waals surface area (Å²) in [7, 11) is 3.47. The molecular weight excluding hydrogens is 354 g/mol. The quantitative estimate of drug-likeness (QED) is 0.781. The van der Waals surface area contributed by atoms with E-state index in [-0.39, 0.29) is 11.8 Å². The number of likely N-dealkylation sites (tertiary alicyclic amines) is 1. The van der Waals surface area contributed by atoms with Gasteiger partial charge >= 0.3 is 0 Å². The molecule has 0 N–H and O–H groups in total. The summed E-state index contributed by atoms with van der Waals surface area (Å²) >= 11 is 1.41. The number of ether oxygens (including phenoxy) is 1. The molecule has 0 aromatic carbocycles. The van der Waals surface area contributed by atoms with Crippen LogP contribution < -0.4 is 0 Å². The number of hydrogen-bond donors (Lipinski definition) is 0.